The van der Waals surface area contributed by atoms with Gasteiger partial charge in [-0.3, -0.25) is 4.90 Å². The van der Waals surface area contributed by atoms with E-state index in [1.54, 1.807) is 0 Å². The highest BCUT2D eigenvalue weighted by molar-refractivity contribution is 4.86. The molecule has 0 saturated heterocycles. The molecule has 0 saturated carbocycles. The van der Waals surface area contributed by atoms with Gasteiger partial charge in [0.1, 0.15) is 0 Å². The van der Waals surface area contributed by atoms with Gasteiger partial charge in [0.25, 0.3) is 0 Å². The van der Waals surface area contributed by atoms with E-state index in [-0.39, 0.29) is 5.54 Å². The van der Waals surface area contributed by atoms with Gasteiger partial charge in [-0.2, -0.15) is 0 Å². The van der Waals surface area contributed by atoms with E-state index in [0.29, 0.717) is 0 Å². The van der Waals surface area contributed by atoms with Gasteiger partial charge in [0.05, 0.1) is 0 Å². The number of unbranched alkanes of at least 4 members (excludes halogenated alkanes) is 2. The van der Waals surface area contributed by atoms with Crippen LogP contribution in [0.25, 0.3) is 0 Å². The van der Waals surface area contributed by atoms with E-state index in [1.165, 1.54) is 38.6 Å². The minimum absolute atomic E-state index is 0.222. The van der Waals surface area contributed by atoms with Gasteiger partial charge in [0.2, 0.25) is 0 Å². The molecule has 0 fully saturated rings. The predicted octanol–water partition coefficient (Wildman–Crippen LogP) is 3.02. The molecular weight excluding hydrogens is 184 g/mol. The van der Waals surface area contributed by atoms with E-state index in [9.17, 15) is 0 Å². The lowest BCUT2D eigenvalue weighted by atomic mass is 9.92. The van der Waals surface area contributed by atoms with E-state index in [1.807, 2.05) is 0 Å². The molecular formula is C13H30N2. The molecule has 2 N–H and O–H groups in total. The van der Waals surface area contributed by atoms with Gasteiger partial charge in [0, 0.05) is 12.1 Å². The molecule has 0 spiro atoms. The molecule has 0 aromatic heterocycles. The van der Waals surface area contributed by atoms with Crippen LogP contribution in [0.4, 0.5) is 0 Å². The molecule has 0 aliphatic rings. The fraction of sp³-hybridized carbons (Fsp3) is 1.00. The summed E-state index contributed by atoms with van der Waals surface area (Å²) in [5.74, 6) is 0. The summed E-state index contributed by atoms with van der Waals surface area (Å²) >= 11 is 0. The third-order valence-electron chi connectivity index (χ3n) is 3.40. The largest absolute Gasteiger partial charge is 0.329 e. The van der Waals surface area contributed by atoms with Crippen molar-refractivity contribution in [3.8, 4) is 0 Å². The number of rotatable bonds is 9. The number of hydrogen-bond acceptors (Lipinski definition) is 2. The Morgan fingerprint density at radius 3 is 2.13 bits per heavy atom. The summed E-state index contributed by atoms with van der Waals surface area (Å²) in [5, 5.41) is 0. The Hall–Kier alpha value is -0.0800. The molecule has 0 aromatic rings. The summed E-state index contributed by atoms with van der Waals surface area (Å²) in [6, 6.07) is 0. The van der Waals surface area contributed by atoms with Crippen LogP contribution in [-0.4, -0.2) is 30.1 Å². The second-order valence-corrected chi connectivity index (χ2v) is 4.74. The molecule has 0 amide bonds. The number of hydrogen-bond donors (Lipinski definition) is 1. The van der Waals surface area contributed by atoms with Gasteiger partial charge in [0.15, 0.2) is 0 Å². The molecule has 1 unspecified atom stereocenters. The summed E-state index contributed by atoms with van der Waals surface area (Å²) in [4.78, 5) is 2.54. The van der Waals surface area contributed by atoms with E-state index in [0.717, 1.165) is 13.1 Å². The predicted molar refractivity (Wildman–Crippen MR) is 69.1 cm³/mol. The van der Waals surface area contributed by atoms with Crippen molar-refractivity contribution in [1.29, 1.82) is 0 Å². The molecule has 0 aliphatic carbocycles. The second-order valence-electron chi connectivity index (χ2n) is 4.74. The van der Waals surface area contributed by atoms with Crippen molar-refractivity contribution in [2.45, 2.75) is 65.3 Å². The second kappa shape index (κ2) is 8.12. The molecule has 0 rings (SSSR count). The van der Waals surface area contributed by atoms with E-state index in [2.05, 4.69) is 32.6 Å². The zero-order valence-corrected chi connectivity index (χ0v) is 11.2. The van der Waals surface area contributed by atoms with Crippen molar-refractivity contribution >= 4 is 0 Å². The van der Waals surface area contributed by atoms with Crippen LogP contribution in [0, 0.1) is 0 Å². The summed E-state index contributed by atoms with van der Waals surface area (Å²) in [5.41, 5.74) is 6.18. The van der Waals surface area contributed by atoms with Crippen molar-refractivity contribution in [1.82, 2.24) is 4.90 Å². The Bertz CT molecular complexity index is 147. The van der Waals surface area contributed by atoms with Crippen molar-refractivity contribution in [3.63, 3.8) is 0 Å². The zero-order valence-electron chi connectivity index (χ0n) is 11.2. The van der Waals surface area contributed by atoms with Gasteiger partial charge in [-0.1, -0.05) is 40.0 Å². The minimum atomic E-state index is 0.222. The molecule has 0 aromatic carbocycles. The third-order valence-corrected chi connectivity index (χ3v) is 3.40. The molecule has 92 valence electrons. The van der Waals surface area contributed by atoms with Crippen LogP contribution in [0.2, 0.25) is 0 Å². The number of nitrogens with zero attached hydrogens (tertiary/aromatic N) is 1. The van der Waals surface area contributed by atoms with Gasteiger partial charge >= 0.3 is 0 Å². The first-order chi connectivity index (χ1) is 7.14. The standard InChI is InChI=1S/C13H30N2/c1-5-8-9-10-13(4,12-14)15(7-3)11-6-2/h5-12,14H2,1-4H3. The molecule has 15 heavy (non-hydrogen) atoms. The first-order valence-electron chi connectivity index (χ1n) is 6.59. The van der Waals surface area contributed by atoms with Crippen molar-refractivity contribution in [2.24, 2.45) is 5.73 Å². The zero-order chi connectivity index (χ0) is 11.7. The average Bonchev–Trinajstić information content (AvgIpc) is 2.26. The molecule has 2 nitrogen and oxygen atoms in total. The molecule has 0 radical (unpaired) electrons. The lowest BCUT2D eigenvalue weighted by molar-refractivity contribution is 0.105. The van der Waals surface area contributed by atoms with Gasteiger partial charge < -0.3 is 5.73 Å². The Labute approximate surface area is 96.2 Å². The van der Waals surface area contributed by atoms with Crippen LogP contribution < -0.4 is 5.73 Å². The Morgan fingerprint density at radius 1 is 1.07 bits per heavy atom. The fourth-order valence-electron chi connectivity index (χ4n) is 2.22. The van der Waals surface area contributed by atoms with Crippen LogP contribution in [-0.2, 0) is 0 Å². The Morgan fingerprint density at radius 2 is 1.73 bits per heavy atom. The van der Waals surface area contributed by atoms with Crippen molar-refractivity contribution < 1.29 is 0 Å². The summed E-state index contributed by atoms with van der Waals surface area (Å²) in [6.45, 7) is 12.1. The topological polar surface area (TPSA) is 29.3 Å². The first-order valence-corrected chi connectivity index (χ1v) is 6.59. The van der Waals surface area contributed by atoms with Crippen LogP contribution in [0.15, 0.2) is 0 Å². The number of nitrogens with two attached hydrogens (primary N) is 1. The smallest absolute Gasteiger partial charge is 0.0303 e. The minimum Gasteiger partial charge on any atom is -0.329 e. The third kappa shape index (κ3) is 4.98. The summed E-state index contributed by atoms with van der Waals surface area (Å²) < 4.78 is 0. The van der Waals surface area contributed by atoms with Crippen molar-refractivity contribution in [3.05, 3.63) is 0 Å². The normalized spacial score (nSPS) is 15.6. The van der Waals surface area contributed by atoms with Crippen molar-refractivity contribution in [2.75, 3.05) is 19.6 Å². The van der Waals surface area contributed by atoms with Crippen LogP contribution in [0.3, 0.4) is 0 Å². The fourth-order valence-corrected chi connectivity index (χ4v) is 2.22. The van der Waals surface area contributed by atoms with E-state index < -0.39 is 0 Å². The molecule has 0 heterocycles. The van der Waals surface area contributed by atoms with Crippen LogP contribution in [0.5, 0.6) is 0 Å². The molecule has 0 aliphatic heterocycles. The van der Waals surface area contributed by atoms with Gasteiger partial charge in [-0.15, -0.1) is 0 Å². The molecule has 2 heteroatoms. The Balaban J connectivity index is 4.22. The van der Waals surface area contributed by atoms with E-state index >= 15 is 0 Å². The Kier molecular flexibility index (Phi) is 8.07. The SMILES string of the molecule is CCCCCC(C)(CN)N(CC)CCC. The summed E-state index contributed by atoms with van der Waals surface area (Å²) in [6.07, 6.45) is 6.40. The van der Waals surface area contributed by atoms with Gasteiger partial charge in [-0.05, 0) is 32.9 Å². The monoisotopic (exact) mass is 214 g/mol. The quantitative estimate of drug-likeness (QED) is 0.598. The first kappa shape index (κ1) is 14.9. The highest BCUT2D eigenvalue weighted by atomic mass is 15.2. The highest BCUT2D eigenvalue weighted by Crippen LogP contribution is 2.21. The lowest BCUT2D eigenvalue weighted by Crippen LogP contribution is -2.51. The van der Waals surface area contributed by atoms with E-state index in [4.69, 9.17) is 5.73 Å². The van der Waals surface area contributed by atoms with Gasteiger partial charge in [-0.25, -0.2) is 0 Å². The molecule has 0 bridgehead atoms. The maximum absolute atomic E-state index is 5.95. The number of likely N-dealkylation sites (N-methyl/N-ethyl adjacent to an activating group) is 1. The lowest BCUT2D eigenvalue weighted by Gasteiger charge is -2.40. The molecule has 1 atom stereocenters. The summed E-state index contributed by atoms with van der Waals surface area (Å²) in [7, 11) is 0. The average molecular weight is 214 g/mol. The highest BCUT2D eigenvalue weighted by Gasteiger charge is 2.27. The van der Waals surface area contributed by atoms with Crippen LogP contribution in [0.1, 0.15) is 59.8 Å². The maximum atomic E-state index is 5.95. The maximum Gasteiger partial charge on any atom is 0.0303 e. The van der Waals surface area contributed by atoms with Crippen LogP contribution >= 0.6 is 0 Å².